The van der Waals surface area contributed by atoms with E-state index >= 15 is 0 Å². The van der Waals surface area contributed by atoms with Crippen LogP contribution in [0, 0.1) is 6.92 Å². The van der Waals surface area contributed by atoms with Gasteiger partial charge in [0, 0.05) is 11.1 Å². The fourth-order valence-electron chi connectivity index (χ4n) is 1.91. The monoisotopic (exact) mass is 313 g/mol. The van der Waals surface area contributed by atoms with Gasteiger partial charge < -0.3 is 15.2 Å². The number of carboxylic acid groups (broad SMARTS) is 1. The third kappa shape index (κ3) is 6.49. The fourth-order valence-corrected chi connectivity index (χ4v) is 2.03. The molecule has 1 atom stereocenters. The molecular weight excluding hydrogens is 294 g/mol. The summed E-state index contributed by atoms with van der Waals surface area (Å²) in [6, 6.07) is 4.77. The highest BCUT2D eigenvalue weighted by atomic mass is 35.5. The molecular formula is C15H20ClNO4. The third-order valence-electron chi connectivity index (χ3n) is 2.92. The van der Waals surface area contributed by atoms with Crippen molar-refractivity contribution in [1.29, 1.82) is 0 Å². The Morgan fingerprint density at radius 2 is 2.14 bits per heavy atom. The highest BCUT2D eigenvalue weighted by Gasteiger charge is 2.15. The summed E-state index contributed by atoms with van der Waals surface area (Å²) in [6.45, 7) is 3.63. The second-order valence-electron chi connectivity index (χ2n) is 4.85. The van der Waals surface area contributed by atoms with E-state index in [1.165, 1.54) is 0 Å². The Labute approximate surface area is 129 Å². The van der Waals surface area contributed by atoms with Gasteiger partial charge in [-0.25, -0.2) is 0 Å². The molecule has 2 N–H and O–H groups in total. The van der Waals surface area contributed by atoms with Crippen molar-refractivity contribution in [1.82, 2.24) is 5.32 Å². The molecule has 0 aliphatic rings. The van der Waals surface area contributed by atoms with Crippen molar-refractivity contribution in [2.75, 3.05) is 6.61 Å². The number of carboxylic acids is 1. The first-order valence-electron chi connectivity index (χ1n) is 6.82. The number of carbonyl (C=O) groups is 2. The molecule has 0 aliphatic carbocycles. The van der Waals surface area contributed by atoms with Crippen LogP contribution in [0.15, 0.2) is 18.2 Å². The highest BCUT2D eigenvalue weighted by molar-refractivity contribution is 6.31. The van der Waals surface area contributed by atoms with Gasteiger partial charge in [0.05, 0.1) is 6.42 Å². The number of aryl methyl sites for hydroxylation is 1. The van der Waals surface area contributed by atoms with Gasteiger partial charge in [-0.2, -0.15) is 0 Å². The van der Waals surface area contributed by atoms with Crippen LogP contribution in [-0.4, -0.2) is 29.6 Å². The Morgan fingerprint density at radius 3 is 2.71 bits per heavy atom. The second kappa shape index (κ2) is 8.52. The summed E-state index contributed by atoms with van der Waals surface area (Å²) in [5.74, 6) is -0.706. The number of benzene rings is 1. The summed E-state index contributed by atoms with van der Waals surface area (Å²) in [4.78, 5) is 22.5. The summed E-state index contributed by atoms with van der Waals surface area (Å²) in [6.07, 6.45) is 1.34. The second-order valence-corrected chi connectivity index (χ2v) is 5.26. The molecule has 0 aromatic heterocycles. The zero-order chi connectivity index (χ0) is 15.8. The number of ether oxygens (including phenoxy) is 1. The molecule has 0 saturated heterocycles. The maximum Gasteiger partial charge on any atom is 0.305 e. The van der Waals surface area contributed by atoms with Crippen LogP contribution in [-0.2, 0) is 9.59 Å². The standard InChI is InChI=1S/C15H20ClNO4/c1-3-4-11(8-15(19)20)17-14(18)9-21-12-5-6-13(16)10(2)7-12/h5-7,11H,3-4,8-9H2,1-2H3,(H,17,18)(H,19,20). The Hall–Kier alpha value is -1.75. The number of rotatable bonds is 8. The molecule has 1 unspecified atom stereocenters. The summed E-state index contributed by atoms with van der Waals surface area (Å²) < 4.78 is 5.37. The maximum atomic E-state index is 11.8. The van der Waals surface area contributed by atoms with Crippen molar-refractivity contribution in [3.8, 4) is 5.75 Å². The van der Waals surface area contributed by atoms with Crippen LogP contribution >= 0.6 is 11.6 Å². The first-order valence-corrected chi connectivity index (χ1v) is 7.20. The topological polar surface area (TPSA) is 75.6 Å². The average Bonchev–Trinajstić information content (AvgIpc) is 2.39. The number of nitrogens with one attached hydrogen (secondary N) is 1. The summed E-state index contributed by atoms with van der Waals surface area (Å²) in [5, 5.41) is 12.1. The Kier molecular flexibility index (Phi) is 7.02. The van der Waals surface area contributed by atoms with Crippen molar-refractivity contribution < 1.29 is 19.4 Å². The van der Waals surface area contributed by atoms with E-state index in [2.05, 4.69) is 5.32 Å². The van der Waals surface area contributed by atoms with Gasteiger partial charge in [0.2, 0.25) is 0 Å². The lowest BCUT2D eigenvalue weighted by atomic mass is 10.1. The first kappa shape index (κ1) is 17.3. The third-order valence-corrected chi connectivity index (χ3v) is 3.35. The number of aliphatic carboxylic acids is 1. The lowest BCUT2D eigenvalue weighted by Gasteiger charge is -2.16. The van der Waals surface area contributed by atoms with Crippen LogP contribution < -0.4 is 10.1 Å². The van der Waals surface area contributed by atoms with Crippen LogP contribution in [0.1, 0.15) is 31.7 Å². The fraction of sp³-hybridized carbons (Fsp3) is 0.467. The summed E-state index contributed by atoms with van der Waals surface area (Å²) in [7, 11) is 0. The van der Waals surface area contributed by atoms with E-state index < -0.39 is 5.97 Å². The molecule has 1 aromatic carbocycles. The van der Waals surface area contributed by atoms with Crippen LogP contribution in [0.3, 0.4) is 0 Å². The van der Waals surface area contributed by atoms with Gasteiger partial charge in [-0.1, -0.05) is 24.9 Å². The van der Waals surface area contributed by atoms with Gasteiger partial charge in [0.25, 0.3) is 5.91 Å². The molecule has 6 heteroatoms. The molecule has 0 fully saturated rings. The molecule has 0 aliphatic heterocycles. The van der Waals surface area contributed by atoms with Crippen LogP contribution in [0.5, 0.6) is 5.75 Å². The predicted molar refractivity (Wildman–Crippen MR) is 80.8 cm³/mol. The largest absolute Gasteiger partial charge is 0.484 e. The predicted octanol–water partition coefficient (Wildman–Crippen LogP) is 2.79. The van der Waals surface area contributed by atoms with E-state index in [4.69, 9.17) is 21.4 Å². The lowest BCUT2D eigenvalue weighted by Crippen LogP contribution is -2.39. The number of halogens is 1. The minimum Gasteiger partial charge on any atom is -0.484 e. The van der Waals surface area contributed by atoms with E-state index in [1.807, 2.05) is 13.8 Å². The molecule has 0 radical (unpaired) electrons. The van der Waals surface area contributed by atoms with Crippen LogP contribution in [0.2, 0.25) is 5.02 Å². The van der Waals surface area contributed by atoms with Gasteiger partial charge in [-0.05, 0) is 37.1 Å². The van der Waals surface area contributed by atoms with Crippen molar-refractivity contribution in [3.05, 3.63) is 28.8 Å². The molecule has 1 rings (SSSR count). The van der Waals surface area contributed by atoms with Crippen molar-refractivity contribution >= 4 is 23.5 Å². The number of hydrogen-bond donors (Lipinski definition) is 2. The smallest absolute Gasteiger partial charge is 0.305 e. The number of hydrogen-bond acceptors (Lipinski definition) is 3. The van der Waals surface area contributed by atoms with E-state index in [0.717, 1.165) is 12.0 Å². The zero-order valence-corrected chi connectivity index (χ0v) is 12.9. The maximum absolute atomic E-state index is 11.8. The number of carbonyl (C=O) groups excluding carboxylic acids is 1. The molecule has 1 amide bonds. The van der Waals surface area contributed by atoms with Gasteiger partial charge >= 0.3 is 5.97 Å². The Balaban J connectivity index is 2.48. The summed E-state index contributed by atoms with van der Waals surface area (Å²) >= 11 is 5.90. The van der Waals surface area contributed by atoms with Crippen molar-refractivity contribution in [2.24, 2.45) is 0 Å². The minimum absolute atomic E-state index is 0.0837. The van der Waals surface area contributed by atoms with E-state index in [-0.39, 0.29) is 25.0 Å². The number of amides is 1. The lowest BCUT2D eigenvalue weighted by molar-refractivity contribution is -0.137. The SMILES string of the molecule is CCCC(CC(=O)O)NC(=O)COc1ccc(Cl)c(C)c1. The molecule has 1 aromatic rings. The molecule has 0 spiro atoms. The van der Waals surface area contributed by atoms with Crippen LogP contribution in [0.4, 0.5) is 0 Å². The van der Waals surface area contributed by atoms with E-state index in [1.54, 1.807) is 18.2 Å². The first-order chi connectivity index (χ1) is 9.92. The molecule has 116 valence electrons. The molecule has 21 heavy (non-hydrogen) atoms. The Bertz CT molecular complexity index is 504. The molecule has 5 nitrogen and oxygen atoms in total. The van der Waals surface area contributed by atoms with Gasteiger partial charge in [0.1, 0.15) is 5.75 Å². The zero-order valence-electron chi connectivity index (χ0n) is 12.2. The minimum atomic E-state index is -0.928. The summed E-state index contributed by atoms with van der Waals surface area (Å²) in [5.41, 5.74) is 0.865. The van der Waals surface area contributed by atoms with Crippen LogP contribution in [0.25, 0.3) is 0 Å². The quantitative estimate of drug-likeness (QED) is 0.774. The molecule has 0 bridgehead atoms. The average molecular weight is 314 g/mol. The van der Waals surface area contributed by atoms with Crippen molar-refractivity contribution in [3.63, 3.8) is 0 Å². The highest BCUT2D eigenvalue weighted by Crippen LogP contribution is 2.20. The van der Waals surface area contributed by atoms with Crippen molar-refractivity contribution in [2.45, 2.75) is 39.2 Å². The van der Waals surface area contributed by atoms with E-state index in [0.29, 0.717) is 17.2 Å². The van der Waals surface area contributed by atoms with E-state index in [9.17, 15) is 9.59 Å². The molecule has 0 heterocycles. The Morgan fingerprint density at radius 1 is 1.43 bits per heavy atom. The van der Waals surface area contributed by atoms with Gasteiger partial charge in [0.15, 0.2) is 6.61 Å². The normalized spacial score (nSPS) is 11.8. The molecule has 0 saturated carbocycles. The van der Waals surface area contributed by atoms with Gasteiger partial charge in [-0.3, -0.25) is 9.59 Å². The van der Waals surface area contributed by atoms with Gasteiger partial charge in [-0.15, -0.1) is 0 Å².